The van der Waals surface area contributed by atoms with E-state index in [1.807, 2.05) is 11.8 Å². The SMILES string of the molecule is CSCCCC1CCCCC1=O. The normalized spacial score (nSPS) is 24.4. The zero-order valence-corrected chi connectivity index (χ0v) is 8.66. The average Bonchev–Trinajstić information content (AvgIpc) is 2.09. The molecule has 0 heterocycles. The largest absolute Gasteiger partial charge is 0.299 e. The number of Topliss-reactive ketones (excluding diaryl/α,β-unsaturated/α-hetero) is 1. The van der Waals surface area contributed by atoms with E-state index in [1.165, 1.54) is 18.6 Å². The Balaban J connectivity index is 2.16. The van der Waals surface area contributed by atoms with Crippen LogP contribution in [0.2, 0.25) is 0 Å². The Morgan fingerprint density at radius 1 is 1.50 bits per heavy atom. The van der Waals surface area contributed by atoms with Crippen LogP contribution in [-0.2, 0) is 4.79 Å². The molecule has 0 aromatic rings. The van der Waals surface area contributed by atoms with Gasteiger partial charge in [0.15, 0.2) is 0 Å². The molecule has 1 atom stereocenters. The molecule has 0 radical (unpaired) electrons. The number of ketones is 1. The van der Waals surface area contributed by atoms with E-state index in [9.17, 15) is 4.79 Å². The van der Waals surface area contributed by atoms with Crippen molar-refractivity contribution < 1.29 is 4.79 Å². The summed E-state index contributed by atoms with van der Waals surface area (Å²) < 4.78 is 0. The van der Waals surface area contributed by atoms with E-state index in [4.69, 9.17) is 0 Å². The Morgan fingerprint density at radius 3 is 3.00 bits per heavy atom. The summed E-state index contributed by atoms with van der Waals surface area (Å²) in [5.74, 6) is 2.16. The molecule has 0 amide bonds. The molecule has 0 aromatic carbocycles. The number of rotatable bonds is 4. The number of hydrogen-bond donors (Lipinski definition) is 0. The number of carbonyl (C=O) groups excluding carboxylic acids is 1. The van der Waals surface area contributed by atoms with Crippen LogP contribution in [0.5, 0.6) is 0 Å². The molecule has 1 nitrogen and oxygen atoms in total. The van der Waals surface area contributed by atoms with Crippen LogP contribution in [-0.4, -0.2) is 17.8 Å². The zero-order chi connectivity index (χ0) is 8.81. The molecule has 1 fully saturated rings. The van der Waals surface area contributed by atoms with Crippen molar-refractivity contribution in [2.75, 3.05) is 12.0 Å². The number of carbonyl (C=O) groups is 1. The topological polar surface area (TPSA) is 17.1 Å². The summed E-state index contributed by atoms with van der Waals surface area (Å²) in [6, 6.07) is 0. The molecular weight excluding hydrogens is 168 g/mol. The van der Waals surface area contributed by atoms with Crippen molar-refractivity contribution in [2.24, 2.45) is 5.92 Å². The highest BCUT2D eigenvalue weighted by Gasteiger charge is 2.20. The smallest absolute Gasteiger partial charge is 0.135 e. The molecule has 2 heteroatoms. The molecule has 1 saturated carbocycles. The van der Waals surface area contributed by atoms with Gasteiger partial charge in [0, 0.05) is 12.3 Å². The van der Waals surface area contributed by atoms with E-state index >= 15 is 0 Å². The van der Waals surface area contributed by atoms with Crippen molar-refractivity contribution in [1.82, 2.24) is 0 Å². The predicted molar refractivity (Wildman–Crippen MR) is 54.6 cm³/mol. The molecule has 1 aliphatic rings. The van der Waals surface area contributed by atoms with Crippen LogP contribution in [0, 0.1) is 5.92 Å². The molecule has 0 aliphatic heterocycles. The minimum atomic E-state index is 0.422. The van der Waals surface area contributed by atoms with Gasteiger partial charge in [-0.3, -0.25) is 4.79 Å². The van der Waals surface area contributed by atoms with Gasteiger partial charge in [0.1, 0.15) is 5.78 Å². The summed E-state index contributed by atoms with van der Waals surface area (Å²) in [6.07, 6.45) is 8.91. The molecule has 0 spiro atoms. The van der Waals surface area contributed by atoms with Crippen molar-refractivity contribution in [3.8, 4) is 0 Å². The fourth-order valence-electron chi connectivity index (χ4n) is 1.83. The highest BCUT2D eigenvalue weighted by atomic mass is 32.2. The van der Waals surface area contributed by atoms with Gasteiger partial charge in [0.25, 0.3) is 0 Å². The minimum Gasteiger partial charge on any atom is -0.299 e. The summed E-state index contributed by atoms with van der Waals surface area (Å²) in [7, 11) is 0. The molecule has 0 bridgehead atoms. The van der Waals surface area contributed by atoms with E-state index in [2.05, 4.69) is 6.26 Å². The quantitative estimate of drug-likeness (QED) is 0.628. The Kier molecular flexibility index (Phi) is 4.74. The lowest BCUT2D eigenvalue weighted by Crippen LogP contribution is -2.18. The third kappa shape index (κ3) is 3.18. The van der Waals surface area contributed by atoms with Crippen molar-refractivity contribution in [1.29, 1.82) is 0 Å². The first-order chi connectivity index (χ1) is 5.84. The van der Waals surface area contributed by atoms with E-state index in [0.717, 1.165) is 25.7 Å². The number of hydrogen-bond acceptors (Lipinski definition) is 2. The van der Waals surface area contributed by atoms with Crippen molar-refractivity contribution in [2.45, 2.75) is 38.5 Å². The zero-order valence-electron chi connectivity index (χ0n) is 7.84. The van der Waals surface area contributed by atoms with Crippen LogP contribution in [0.25, 0.3) is 0 Å². The Labute approximate surface area is 79.3 Å². The van der Waals surface area contributed by atoms with Crippen LogP contribution in [0.4, 0.5) is 0 Å². The molecule has 12 heavy (non-hydrogen) atoms. The highest BCUT2D eigenvalue weighted by molar-refractivity contribution is 7.98. The molecule has 1 rings (SSSR count). The van der Waals surface area contributed by atoms with Crippen molar-refractivity contribution >= 4 is 17.5 Å². The molecular formula is C10H18OS. The third-order valence-electron chi connectivity index (χ3n) is 2.58. The summed E-state index contributed by atoms with van der Waals surface area (Å²) in [5, 5.41) is 0. The molecule has 1 unspecified atom stereocenters. The van der Waals surface area contributed by atoms with E-state index < -0.39 is 0 Å². The Bertz CT molecular complexity index is 145. The average molecular weight is 186 g/mol. The van der Waals surface area contributed by atoms with E-state index in [-0.39, 0.29) is 0 Å². The van der Waals surface area contributed by atoms with E-state index in [0.29, 0.717) is 11.7 Å². The van der Waals surface area contributed by atoms with Crippen molar-refractivity contribution in [3.05, 3.63) is 0 Å². The van der Waals surface area contributed by atoms with Gasteiger partial charge in [-0.25, -0.2) is 0 Å². The van der Waals surface area contributed by atoms with Gasteiger partial charge in [0.2, 0.25) is 0 Å². The highest BCUT2D eigenvalue weighted by Crippen LogP contribution is 2.24. The molecule has 0 aromatic heterocycles. The summed E-state index contributed by atoms with van der Waals surface area (Å²) >= 11 is 1.88. The monoisotopic (exact) mass is 186 g/mol. The number of thioether (sulfide) groups is 1. The maximum atomic E-state index is 11.4. The van der Waals surface area contributed by atoms with Gasteiger partial charge in [-0.2, -0.15) is 11.8 Å². The maximum Gasteiger partial charge on any atom is 0.135 e. The van der Waals surface area contributed by atoms with Gasteiger partial charge >= 0.3 is 0 Å². The lowest BCUT2D eigenvalue weighted by Gasteiger charge is -2.19. The second-order valence-electron chi connectivity index (χ2n) is 3.54. The van der Waals surface area contributed by atoms with Gasteiger partial charge in [0.05, 0.1) is 0 Å². The molecule has 70 valence electrons. The van der Waals surface area contributed by atoms with Crippen LogP contribution >= 0.6 is 11.8 Å². The summed E-state index contributed by atoms with van der Waals surface area (Å²) in [6.45, 7) is 0. The Morgan fingerprint density at radius 2 is 2.33 bits per heavy atom. The first-order valence-electron chi connectivity index (χ1n) is 4.86. The molecule has 1 aliphatic carbocycles. The van der Waals surface area contributed by atoms with Crippen LogP contribution < -0.4 is 0 Å². The molecule has 0 N–H and O–H groups in total. The molecule has 0 saturated heterocycles. The second kappa shape index (κ2) is 5.63. The van der Waals surface area contributed by atoms with Crippen LogP contribution in [0.1, 0.15) is 38.5 Å². The lowest BCUT2D eigenvalue weighted by molar-refractivity contribution is -0.124. The first kappa shape index (κ1) is 10.1. The standard InChI is InChI=1S/C10H18OS/c1-12-8-4-6-9-5-2-3-7-10(9)11/h9H,2-8H2,1H3. The maximum absolute atomic E-state index is 11.4. The second-order valence-corrected chi connectivity index (χ2v) is 4.53. The van der Waals surface area contributed by atoms with Gasteiger partial charge < -0.3 is 0 Å². The van der Waals surface area contributed by atoms with Gasteiger partial charge in [-0.15, -0.1) is 0 Å². The Hall–Kier alpha value is 0.0200. The van der Waals surface area contributed by atoms with Crippen LogP contribution in [0.15, 0.2) is 0 Å². The van der Waals surface area contributed by atoms with Gasteiger partial charge in [-0.1, -0.05) is 6.42 Å². The first-order valence-corrected chi connectivity index (χ1v) is 6.25. The van der Waals surface area contributed by atoms with Crippen molar-refractivity contribution in [3.63, 3.8) is 0 Å². The van der Waals surface area contributed by atoms with Crippen LogP contribution in [0.3, 0.4) is 0 Å². The fourth-order valence-corrected chi connectivity index (χ4v) is 2.29. The fraction of sp³-hybridized carbons (Fsp3) is 0.900. The summed E-state index contributed by atoms with van der Waals surface area (Å²) in [5.41, 5.74) is 0. The predicted octanol–water partition coefficient (Wildman–Crippen LogP) is 2.89. The minimum absolute atomic E-state index is 0.422. The van der Waals surface area contributed by atoms with E-state index in [1.54, 1.807) is 0 Å². The van der Waals surface area contributed by atoms with Gasteiger partial charge in [-0.05, 0) is 37.7 Å². The third-order valence-corrected chi connectivity index (χ3v) is 3.28. The summed E-state index contributed by atoms with van der Waals surface area (Å²) in [4.78, 5) is 11.4. The lowest BCUT2D eigenvalue weighted by atomic mass is 9.85.